The number of para-hydroxylation sites is 1. The number of fused-ring (bicyclic) bond motifs is 2. The van der Waals surface area contributed by atoms with Crippen LogP contribution >= 0.6 is 11.6 Å². The molecule has 1 aromatic heterocycles. The number of nitrogens with zero attached hydrogens (tertiary/aromatic N) is 2. The first-order valence-electron chi connectivity index (χ1n) is 12.1. The van der Waals surface area contributed by atoms with Crippen LogP contribution in [0.3, 0.4) is 0 Å². The van der Waals surface area contributed by atoms with Crippen LogP contribution in [0.4, 0.5) is 4.39 Å². The van der Waals surface area contributed by atoms with Gasteiger partial charge in [0.2, 0.25) is 11.8 Å². The van der Waals surface area contributed by atoms with E-state index in [0.29, 0.717) is 23.5 Å². The Kier molecular flexibility index (Phi) is 5.40. The van der Waals surface area contributed by atoms with Crippen LogP contribution < -0.4 is 5.32 Å². The van der Waals surface area contributed by atoms with Crippen molar-refractivity contribution in [3.63, 3.8) is 0 Å². The maximum atomic E-state index is 14.2. The number of Topliss-reactive ketones (excluding diaryl/α,β-unsaturated/α-hetero) is 1. The summed E-state index contributed by atoms with van der Waals surface area (Å²) >= 11 is 5.84. The smallest absolute Gasteiger partial charge is 0.243 e. The van der Waals surface area contributed by atoms with E-state index in [4.69, 9.17) is 11.6 Å². The minimum atomic E-state index is -0.581. The molecule has 35 heavy (non-hydrogen) atoms. The summed E-state index contributed by atoms with van der Waals surface area (Å²) in [6.45, 7) is 0.0718. The number of hydrogen-bond acceptors (Lipinski definition) is 3. The average Bonchev–Trinajstić information content (AvgIpc) is 3.78. The van der Waals surface area contributed by atoms with Crippen molar-refractivity contribution in [2.24, 2.45) is 11.8 Å². The second-order valence-corrected chi connectivity index (χ2v) is 10.3. The fraction of sp³-hybridized carbons (Fsp3) is 0.370. The van der Waals surface area contributed by atoms with Crippen LogP contribution in [0.15, 0.2) is 48.7 Å². The molecule has 0 unspecified atom stereocenters. The van der Waals surface area contributed by atoms with E-state index in [-0.39, 0.29) is 47.7 Å². The van der Waals surface area contributed by atoms with E-state index in [1.54, 1.807) is 23.2 Å². The van der Waals surface area contributed by atoms with Crippen LogP contribution in [0.25, 0.3) is 10.9 Å². The van der Waals surface area contributed by atoms with Crippen molar-refractivity contribution in [3.05, 3.63) is 70.6 Å². The fourth-order valence-corrected chi connectivity index (χ4v) is 5.60. The van der Waals surface area contributed by atoms with Gasteiger partial charge in [0.25, 0.3) is 0 Å². The second kappa shape index (κ2) is 8.48. The zero-order valence-corrected chi connectivity index (χ0v) is 19.8. The van der Waals surface area contributed by atoms with E-state index in [9.17, 15) is 18.8 Å². The van der Waals surface area contributed by atoms with Crippen LogP contribution in [0.1, 0.15) is 41.6 Å². The highest BCUT2D eigenvalue weighted by molar-refractivity contribution is 6.30. The lowest BCUT2D eigenvalue weighted by molar-refractivity contribution is -0.140. The lowest BCUT2D eigenvalue weighted by Gasteiger charge is -2.27. The van der Waals surface area contributed by atoms with Gasteiger partial charge in [-0.1, -0.05) is 41.9 Å². The molecule has 2 aromatic carbocycles. The number of rotatable bonds is 7. The van der Waals surface area contributed by atoms with E-state index in [0.717, 1.165) is 30.2 Å². The Bertz CT molecular complexity index is 1360. The van der Waals surface area contributed by atoms with Gasteiger partial charge >= 0.3 is 0 Å². The maximum Gasteiger partial charge on any atom is 0.243 e. The highest BCUT2D eigenvalue weighted by atomic mass is 35.5. The number of aromatic nitrogens is 1. The third kappa shape index (κ3) is 4.01. The molecule has 1 aliphatic heterocycles. The lowest BCUT2D eigenvalue weighted by Crippen LogP contribution is -2.48. The predicted molar refractivity (Wildman–Crippen MR) is 129 cm³/mol. The van der Waals surface area contributed by atoms with Gasteiger partial charge in [-0.25, -0.2) is 4.39 Å². The molecular weight excluding hydrogens is 469 g/mol. The lowest BCUT2D eigenvalue weighted by atomic mass is 10.1. The van der Waals surface area contributed by atoms with Gasteiger partial charge in [0, 0.05) is 46.7 Å². The van der Waals surface area contributed by atoms with Gasteiger partial charge in [-0.15, -0.1) is 0 Å². The molecule has 6 nitrogen and oxygen atoms in total. The molecule has 2 saturated carbocycles. The molecule has 0 radical (unpaired) electrons. The number of ketones is 1. The molecule has 0 bridgehead atoms. The monoisotopic (exact) mass is 493 g/mol. The minimum Gasteiger partial charge on any atom is -0.350 e. The first-order valence-corrected chi connectivity index (χ1v) is 12.4. The van der Waals surface area contributed by atoms with Crippen LogP contribution in [0.2, 0.25) is 5.02 Å². The maximum absolute atomic E-state index is 14.2. The Labute approximate surface area is 207 Å². The van der Waals surface area contributed by atoms with Crippen molar-refractivity contribution >= 4 is 40.1 Å². The van der Waals surface area contributed by atoms with Crippen LogP contribution in [0.5, 0.6) is 0 Å². The van der Waals surface area contributed by atoms with E-state index >= 15 is 0 Å². The van der Waals surface area contributed by atoms with Crippen LogP contribution in [-0.4, -0.2) is 39.1 Å². The number of hydrogen-bond donors (Lipinski definition) is 1. The van der Waals surface area contributed by atoms with Crippen molar-refractivity contribution in [2.45, 2.75) is 50.9 Å². The zero-order chi connectivity index (χ0) is 24.3. The number of carbonyl (C=O) groups is 3. The molecular formula is C27H25ClFN3O3. The summed E-state index contributed by atoms with van der Waals surface area (Å²) in [5.41, 5.74) is 1.81. The summed E-state index contributed by atoms with van der Waals surface area (Å²) in [5.74, 6) is -0.421. The molecule has 0 spiro atoms. The highest BCUT2D eigenvalue weighted by Gasteiger charge is 2.55. The highest BCUT2D eigenvalue weighted by Crippen LogP contribution is 2.48. The number of nitrogens with one attached hydrogen (secondary N) is 1. The van der Waals surface area contributed by atoms with Gasteiger partial charge in [0.15, 0.2) is 5.78 Å². The van der Waals surface area contributed by atoms with E-state index in [2.05, 4.69) is 5.32 Å². The minimum absolute atomic E-state index is 0.00790. The Balaban J connectivity index is 1.20. The van der Waals surface area contributed by atoms with Crippen molar-refractivity contribution in [2.75, 3.05) is 0 Å². The number of likely N-dealkylation sites (tertiary alicyclic amines) is 1. The number of carbonyl (C=O) groups excluding carboxylic acids is 3. The topological polar surface area (TPSA) is 71.4 Å². The summed E-state index contributed by atoms with van der Waals surface area (Å²) in [5, 5.41) is 3.65. The van der Waals surface area contributed by atoms with Gasteiger partial charge in [0.1, 0.15) is 18.4 Å². The summed E-state index contributed by atoms with van der Waals surface area (Å²) in [4.78, 5) is 41.0. The van der Waals surface area contributed by atoms with E-state index in [1.807, 2.05) is 28.8 Å². The Morgan fingerprint density at radius 2 is 1.86 bits per heavy atom. The quantitative estimate of drug-likeness (QED) is 0.498. The van der Waals surface area contributed by atoms with Gasteiger partial charge in [-0.05, 0) is 43.7 Å². The Hall–Kier alpha value is -3.19. The third-order valence-electron chi connectivity index (χ3n) is 7.49. The number of halogens is 2. The summed E-state index contributed by atoms with van der Waals surface area (Å²) in [6, 6.07) is 11.8. The third-order valence-corrected chi connectivity index (χ3v) is 7.78. The molecule has 1 saturated heterocycles. The Morgan fingerprint density at radius 3 is 2.66 bits per heavy atom. The number of benzene rings is 2. The van der Waals surface area contributed by atoms with Crippen molar-refractivity contribution in [1.29, 1.82) is 0 Å². The van der Waals surface area contributed by atoms with Gasteiger partial charge < -0.3 is 14.8 Å². The van der Waals surface area contributed by atoms with Crippen LogP contribution in [-0.2, 0) is 22.7 Å². The molecule has 2 heterocycles. The normalized spacial score (nSPS) is 22.8. The number of amides is 2. The van der Waals surface area contributed by atoms with E-state index < -0.39 is 11.9 Å². The molecule has 3 aliphatic rings. The van der Waals surface area contributed by atoms with Crippen molar-refractivity contribution in [3.8, 4) is 0 Å². The molecule has 2 aliphatic carbocycles. The van der Waals surface area contributed by atoms with Gasteiger partial charge in [0.05, 0.1) is 5.02 Å². The van der Waals surface area contributed by atoms with Gasteiger partial charge in [-0.3, -0.25) is 14.4 Å². The standard InChI is InChI=1S/C27H25ClFN3O3/c28-20-6-3-4-16(25(20)29)12-30-27(35)23-11-17-10-22(17)32(23)24(33)14-31-13-19(26(34)15-8-9-15)18-5-1-2-7-21(18)31/h1-7,13,15,17,22-23H,8-12,14H2,(H,30,35)/t17-,22-,23+/m1/s1. The molecule has 2 amide bonds. The Morgan fingerprint density at radius 1 is 1.06 bits per heavy atom. The number of piperidine rings is 1. The summed E-state index contributed by atoms with van der Waals surface area (Å²) in [6.07, 6.45) is 5.14. The van der Waals surface area contributed by atoms with Crippen LogP contribution in [0, 0.1) is 17.7 Å². The molecule has 1 N–H and O–H groups in total. The molecule has 3 aromatic rings. The molecule has 6 rings (SSSR count). The van der Waals surface area contributed by atoms with Crippen molar-refractivity contribution < 1.29 is 18.8 Å². The molecule has 8 heteroatoms. The summed E-state index contributed by atoms with van der Waals surface area (Å²) < 4.78 is 16.0. The molecule has 180 valence electrons. The predicted octanol–water partition coefficient (Wildman–Crippen LogP) is 4.33. The van der Waals surface area contributed by atoms with E-state index in [1.165, 1.54) is 6.07 Å². The SMILES string of the molecule is O=C(c1cn(CC(=O)N2[C@@H]3C[C@@H]3C[C@H]2C(=O)NCc2cccc(Cl)c2F)c2ccccc12)C1CC1. The first kappa shape index (κ1) is 22.3. The average molecular weight is 494 g/mol. The van der Waals surface area contributed by atoms with Gasteiger partial charge in [-0.2, -0.15) is 0 Å². The largest absolute Gasteiger partial charge is 0.350 e. The zero-order valence-electron chi connectivity index (χ0n) is 19.0. The molecule has 3 atom stereocenters. The fourth-order valence-electron chi connectivity index (χ4n) is 5.40. The second-order valence-electron chi connectivity index (χ2n) is 9.87. The molecule has 3 fully saturated rings. The summed E-state index contributed by atoms with van der Waals surface area (Å²) in [7, 11) is 0. The van der Waals surface area contributed by atoms with Crippen molar-refractivity contribution in [1.82, 2.24) is 14.8 Å². The first-order chi connectivity index (χ1) is 16.9.